The molecule has 2 aromatic carbocycles. The monoisotopic (exact) mass is 318 g/mol. The quantitative estimate of drug-likeness (QED) is 0.694. The van der Waals surface area contributed by atoms with Crippen LogP contribution in [0.15, 0.2) is 54.7 Å². The zero-order valence-corrected chi connectivity index (χ0v) is 13.5. The first-order valence-corrected chi connectivity index (χ1v) is 8.12. The van der Waals surface area contributed by atoms with Crippen LogP contribution < -0.4 is 4.90 Å². The van der Waals surface area contributed by atoms with Crippen LogP contribution in [0.1, 0.15) is 22.8 Å². The molecule has 0 radical (unpaired) electrons. The molecule has 1 aliphatic heterocycles. The summed E-state index contributed by atoms with van der Waals surface area (Å²) in [7, 11) is 0. The highest BCUT2D eigenvalue weighted by Gasteiger charge is 2.30. The Hall–Kier alpha value is -2.88. The summed E-state index contributed by atoms with van der Waals surface area (Å²) >= 11 is 0. The van der Waals surface area contributed by atoms with Crippen molar-refractivity contribution in [3.63, 3.8) is 0 Å². The van der Waals surface area contributed by atoms with Crippen LogP contribution in [0.2, 0.25) is 0 Å². The summed E-state index contributed by atoms with van der Waals surface area (Å²) in [5.74, 6) is 0.0469. The van der Waals surface area contributed by atoms with E-state index in [1.165, 1.54) is 5.56 Å². The lowest BCUT2D eigenvalue weighted by Gasteiger charge is -2.23. The first-order valence-electron chi connectivity index (χ1n) is 8.12. The Labute approximate surface area is 140 Å². The Morgan fingerprint density at radius 1 is 1.17 bits per heavy atom. The Morgan fingerprint density at radius 3 is 2.75 bits per heavy atom. The molecule has 1 atom stereocenters. The molecule has 4 rings (SSSR count). The van der Waals surface area contributed by atoms with Gasteiger partial charge in [-0.3, -0.25) is 9.59 Å². The van der Waals surface area contributed by atoms with Gasteiger partial charge in [0.25, 0.3) is 0 Å². The lowest BCUT2D eigenvalue weighted by molar-refractivity contribution is -0.119. The number of fused-ring (bicyclic) bond motifs is 2. The molecule has 4 nitrogen and oxygen atoms in total. The minimum Gasteiger partial charge on any atom is -0.337 e. The second-order valence-corrected chi connectivity index (χ2v) is 6.29. The first-order chi connectivity index (χ1) is 11.7. The van der Waals surface area contributed by atoms with Gasteiger partial charge in [0.05, 0.1) is 0 Å². The predicted octanol–water partition coefficient (Wildman–Crippen LogP) is 3.43. The number of aromatic nitrogens is 1. The fourth-order valence-electron chi connectivity index (χ4n) is 3.67. The second-order valence-electron chi connectivity index (χ2n) is 6.29. The number of carbonyl (C=O) groups is 2. The topological polar surface area (TPSA) is 42.3 Å². The van der Waals surface area contributed by atoms with E-state index in [-0.39, 0.29) is 18.5 Å². The van der Waals surface area contributed by atoms with Gasteiger partial charge in [-0.05, 0) is 31.0 Å². The van der Waals surface area contributed by atoms with E-state index in [9.17, 15) is 9.59 Å². The van der Waals surface area contributed by atoms with E-state index in [4.69, 9.17) is 0 Å². The fourth-order valence-corrected chi connectivity index (χ4v) is 3.67. The predicted molar refractivity (Wildman–Crippen MR) is 94.4 cm³/mol. The SMILES string of the molecule is C[C@H]1Cc2ccccc2N1C(=O)Cn1cc(C=O)c2ccccc21. The smallest absolute Gasteiger partial charge is 0.247 e. The maximum atomic E-state index is 12.9. The van der Waals surface area contributed by atoms with Crippen LogP contribution in [-0.2, 0) is 17.8 Å². The third-order valence-electron chi connectivity index (χ3n) is 4.73. The van der Waals surface area contributed by atoms with Crippen molar-refractivity contribution in [1.82, 2.24) is 4.57 Å². The molecule has 0 aliphatic carbocycles. The number of hydrogen-bond acceptors (Lipinski definition) is 2. The van der Waals surface area contributed by atoms with Crippen molar-refractivity contribution in [3.8, 4) is 0 Å². The van der Waals surface area contributed by atoms with Crippen molar-refractivity contribution < 1.29 is 9.59 Å². The summed E-state index contributed by atoms with van der Waals surface area (Å²) in [5, 5.41) is 0.884. The van der Waals surface area contributed by atoms with Crippen molar-refractivity contribution in [2.24, 2.45) is 0 Å². The number of aldehydes is 1. The van der Waals surface area contributed by atoms with Crippen LogP contribution in [0.3, 0.4) is 0 Å². The van der Waals surface area contributed by atoms with Crippen LogP contribution >= 0.6 is 0 Å². The van der Waals surface area contributed by atoms with Crippen LogP contribution in [-0.4, -0.2) is 22.8 Å². The Bertz CT molecular complexity index is 942. The van der Waals surface area contributed by atoms with Crippen molar-refractivity contribution in [1.29, 1.82) is 0 Å². The summed E-state index contributed by atoms with van der Waals surface area (Å²) < 4.78 is 1.87. The zero-order chi connectivity index (χ0) is 16.7. The van der Waals surface area contributed by atoms with Crippen LogP contribution in [0.5, 0.6) is 0 Å². The van der Waals surface area contributed by atoms with Crippen LogP contribution in [0.4, 0.5) is 5.69 Å². The molecule has 0 spiro atoms. The Kier molecular flexibility index (Phi) is 3.45. The summed E-state index contributed by atoms with van der Waals surface area (Å²) in [6, 6.07) is 15.9. The van der Waals surface area contributed by atoms with Gasteiger partial charge in [-0.2, -0.15) is 0 Å². The molecular weight excluding hydrogens is 300 g/mol. The number of carbonyl (C=O) groups excluding carboxylic acids is 2. The molecule has 0 saturated heterocycles. The van der Waals surface area contributed by atoms with Gasteiger partial charge >= 0.3 is 0 Å². The molecule has 0 unspecified atom stereocenters. The van der Waals surface area contributed by atoms with Gasteiger partial charge in [-0.25, -0.2) is 0 Å². The Morgan fingerprint density at radius 2 is 1.92 bits per heavy atom. The molecule has 4 heteroatoms. The highest BCUT2D eigenvalue weighted by atomic mass is 16.2. The molecule has 0 bridgehead atoms. The molecule has 0 N–H and O–H groups in total. The number of para-hydroxylation sites is 2. The minimum absolute atomic E-state index is 0.0469. The van der Waals surface area contributed by atoms with E-state index >= 15 is 0 Å². The molecular formula is C20H18N2O2. The van der Waals surface area contributed by atoms with Gasteiger partial charge < -0.3 is 9.47 Å². The zero-order valence-electron chi connectivity index (χ0n) is 13.5. The average molecular weight is 318 g/mol. The minimum atomic E-state index is 0.0469. The number of anilines is 1. The normalized spacial score (nSPS) is 16.4. The van der Waals surface area contributed by atoms with Crippen molar-refractivity contribution in [3.05, 3.63) is 65.9 Å². The van der Waals surface area contributed by atoms with Crippen molar-refractivity contribution in [2.75, 3.05) is 4.90 Å². The molecule has 1 aliphatic rings. The molecule has 24 heavy (non-hydrogen) atoms. The van der Waals surface area contributed by atoms with E-state index in [1.807, 2.05) is 51.9 Å². The van der Waals surface area contributed by atoms with Gasteiger partial charge in [0.2, 0.25) is 5.91 Å². The first kappa shape index (κ1) is 14.7. The summed E-state index contributed by atoms with van der Waals surface area (Å²) in [6.07, 6.45) is 3.49. The molecule has 2 heterocycles. The molecule has 3 aromatic rings. The summed E-state index contributed by atoms with van der Waals surface area (Å²) in [5.41, 5.74) is 3.74. The summed E-state index contributed by atoms with van der Waals surface area (Å²) in [6.45, 7) is 2.30. The van der Waals surface area contributed by atoms with E-state index < -0.39 is 0 Å². The number of hydrogen-bond donors (Lipinski definition) is 0. The van der Waals surface area contributed by atoms with Gasteiger partial charge in [0, 0.05) is 34.4 Å². The van der Waals surface area contributed by atoms with E-state index in [0.29, 0.717) is 5.56 Å². The van der Waals surface area contributed by atoms with Crippen molar-refractivity contribution >= 4 is 28.8 Å². The molecule has 0 saturated carbocycles. The van der Waals surface area contributed by atoms with Gasteiger partial charge in [0.15, 0.2) is 6.29 Å². The molecule has 1 amide bonds. The second kappa shape index (κ2) is 5.64. The van der Waals surface area contributed by atoms with Crippen LogP contribution in [0.25, 0.3) is 10.9 Å². The Balaban J connectivity index is 1.69. The summed E-state index contributed by atoms with van der Waals surface area (Å²) in [4.78, 5) is 26.1. The maximum absolute atomic E-state index is 12.9. The van der Waals surface area contributed by atoms with Gasteiger partial charge in [-0.1, -0.05) is 36.4 Å². The van der Waals surface area contributed by atoms with Gasteiger partial charge in [-0.15, -0.1) is 0 Å². The van der Waals surface area contributed by atoms with Gasteiger partial charge in [0.1, 0.15) is 6.54 Å². The molecule has 120 valence electrons. The largest absolute Gasteiger partial charge is 0.337 e. The number of amides is 1. The van der Waals surface area contributed by atoms with E-state index in [2.05, 4.69) is 13.0 Å². The molecule has 0 fully saturated rings. The lowest BCUT2D eigenvalue weighted by atomic mass is 10.1. The van der Waals surface area contributed by atoms with Crippen molar-refractivity contribution in [2.45, 2.75) is 25.9 Å². The number of benzene rings is 2. The van der Waals surface area contributed by atoms with E-state index in [1.54, 1.807) is 6.20 Å². The lowest BCUT2D eigenvalue weighted by Crippen LogP contribution is -2.37. The fraction of sp³-hybridized carbons (Fsp3) is 0.200. The average Bonchev–Trinajstić information content (AvgIpc) is 3.12. The number of rotatable bonds is 3. The third kappa shape index (κ3) is 2.22. The maximum Gasteiger partial charge on any atom is 0.247 e. The van der Waals surface area contributed by atoms with Crippen LogP contribution in [0, 0.1) is 0 Å². The third-order valence-corrected chi connectivity index (χ3v) is 4.73. The highest BCUT2D eigenvalue weighted by molar-refractivity contribution is 6.00. The highest BCUT2D eigenvalue weighted by Crippen LogP contribution is 2.32. The number of nitrogens with zero attached hydrogens (tertiary/aromatic N) is 2. The van der Waals surface area contributed by atoms with E-state index in [0.717, 1.165) is 29.3 Å². The molecule has 1 aromatic heterocycles. The standard InChI is InChI=1S/C20H18N2O2/c1-14-10-15-6-2-4-8-18(15)22(14)20(24)12-21-11-16(13-23)17-7-3-5-9-19(17)21/h2-9,11,13-14H,10,12H2,1H3/t14-/m0/s1.